The lowest BCUT2D eigenvalue weighted by atomic mass is 10.2. The lowest BCUT2D eigenvalue weighted by molar-refractivity contribution is -0.142. The number of hydrogen-bond donors (Lipinski definition) is 0. The molecule has 0 fully saturated rings. The number of rotatable bonds is 6. The molecule has 0 amide bonds. The molecule has 0 aliphatic carbocycles. The summed E-state index contributed by atoms with van der Waals surface area (Å²) in [7, 11) is 0. The predicted octanol–water partition coefficient (Wildman–Crippen LogP) is 4.09. The van der Waals surface area contributed by atoms with Crippen molar-refractivity contribution in [2.45, 2.75) is 41.8 Å². The highest BCUT2D eigenvalue weighted by atomic mass is 35.6. The Bertz CT molecular complexity index is 189. The highest BCUT2D eigenvalue weighted by molar-refractivity contribution is 6.75. The third kappa shape index (κ3) is 9.55. The highest BCUT2D eigenvalue weighted by Crippen LogP contribution is 2.27. The second-order valence-corrected chi connectivity index (χ2v) is 6.29. The van der Waals surface area contributed by atoms with Crippen LogP contribution in [0.1, 0.15) is 32.6 Å². The van der Waals surface area contributed by atoms with E-state index in [1.807, 2.05) is 6.92 Å². The first-order valence-electron chi connectivity index (χ1n) is 4.72. The molecule has 2 nitrogen and oxygen atoms in total. The maximum absolute atomic E-state index is 11.0. The molecule has 1 unspecified atom stereocenters. The van der Waals surface area contributed by atoms with Crippen molar-refractivity contribution in [3.63, 3.8) is 0 Å². The molecule has 0 spiro atoms. The number of carbonyl (C=O) groups is 1. The molecule has 0 aromatic rings. The van der Waals surface area contributed by atoms with Gasteiger partial charge < -0.3 is 4.74 Å². The average Bonchev–Trinajstić information content (AvgIpc) is 2.08. The average molecular weight is 296 g/mol. The Morgan fingerprint density at radius 3 is 2.33 bits per heavy atom. The highest BCUT2D eigenvalue weighted by Gasteiger charge is 2.32. The number of halogens is 4. The number of ether oxygens (including phenoxy) is 1. The van der Waals surface area contributed by atoms with Gasteiger partial charge in [-0.15, -0.1) is 11.6 Å². The summed E-state index contributed by atoms with van der Waals surface area (Å²) >= 11 is 21.7. The summed E-state index contributed by atoms with van der Waals surface area (Å²) < 4.78 is 2.78. The van der Waals surface area contributed by atoms with Crippen molar-refractivity contribution in [1.29, 1.82) is 0 Å². The fraction of sp³-hybridized carbons (Fsp3) is 0.889. The van der Waals surface area contributed by atoms with Gasteiger partial charge in [0.2, 0.25) is 0 Å². The van der Waals surface area contributed by atoms with Crippen LogP contribution in [0.2, 0.25) is 0 Å². The largest absolute Gasteiger partial charge is 0.463 e. The van der Waals surface area contributed by atoms with Gasteiger partial charge in [-0.1, -0.05) is 47.6 Å². The van der Waals surface area contributed by atoms with Crippen LogP contribution < -0.4 is 0 Å². The monoisotopic (exact) mass is 294 g/mol. The molecule has 15 heavy (non-hydrogen) atoms. The van der Waals surface area contributed by atoms with Gasteiger partial charge in [0.15, 0.2) is 0 Å². The van der Waals surface area contributed by atoms with E-state index in [0.29, 0.717) is 0 Å². The first-order chi connectivity index (χ1) is 6.84. The van der Waals surface area contributed by atoms with E-state index in [1.54, 1.807) is 0 Å². The van der Waals surface area contributed by atoms with E-state index in [9.17, 15) is 4.79 Å². The van der Waals surface area contributed by atoms with Gasteiger partial charge in [-0.25, -0.2) is 4.79 Å². The summed E-state index contributed by atoms with van der Waals surface area (Å²) in [5, 5.41) is 0.189. The summed E-state index contributed by atoms with van der Waals surface area (Å²) in [6.45, 7) is 2.23. The fourth-order valence-electron chi connectivity index (χ4n) is 0.951. The summed E-state index contributed by atoms with van der Waals surface area (Å²) in [5.74, 6) is -0.821. The van der Waals surface area contributed by atoms with E-state index in [-0.39, 0.29) is 12.0 Å². The summed E-state index contributed by atoms with van der Waals surface area (Å²) in [6, 6.07) is 0. The van der Waals surface area contributed by atoms with Crippen LogP contribution in [0.25, 0.3) is 0 Å². The number of hydrogen-bond acceptors (Lipinski definition) is 2. The Balaban J connectivity index is 3.36. The van der Waals surface area contributed by atoms with Crippen LogP contribution in [0.5, 0.6) is 0 Å². The van der Waals surface area contributed by atoms with Gasteiger partial charge in [0.1, 0.15) is 0 Å². The molecule has 90 valence electrons. The first kappa shape index (κ1) is 15.6. The van der Waals surface area contributed by atoms with Crippen molar-refractivity contribution in [3.8, 4) is 0 Å². The Morgan fingerprint density at radius 2 is 1.87 bits per heavy atom. The third-order valence-corrected chi connectivity index (χ3v) is 2.39. The maximum Gasteiger partial charge on any atom is 0.358 e. The van der Waals surface area contributed by atoms with Crippen molar-refractivity contribution in [2.24, 2.45) is 0 Å². The molecule has 0 rings (SSSR count). The van der Waals surface area contributed by atoms with E-state index in [1.165, 1.54) is 0 Å². The second kappa shape index (κ2) is 7.83. The molecular formula is C9H14Cl4O2. The van der Waals surface area contributed by atoms with Gasteiger partial charge >= 0.3 is 5.97 Å². The molecular weight excluding hydrogens is 282 g/mol. The SMILES string of the molecule is CC(Cl)CCCCCOC(=O)C(Cl)(Cl)Cl. The number of unbranched alkanes of at least 4 members (excludes halogenated alkanes) is 2. The minimum absolute atomic E-state index is 0.189. The summed E-state index contributed by atoms with van der Waals surface area (Å²) in [5.41, 5.74) is 0. The fourth-order valence-corrected chi connectivity index (χ4v) is 1.27. The topological polar surface area (TPSA) is 26.3 Å². The van der Waals surface area contributed by atoms with E-state index in [2.05, 4.69) is 0 Å². The molecule has 0 saturated heterocycles. The molecule has 0 saturated carbocycles. The minimum Gasteiger partial charge on any atom is -0.463 e. The normalized spacial score (nSPS) is 13.7. The molecule has 6 heteroatoms. The van der Waals surface area contributed by atoms with E-state index in [4.69, 9.17) is 51.1 Å². The van der Waals surface area contributed by atoms with Crippen LogP contribution in [0.4, 0.5) is 0 Å². The number of alkyl halides is 4. The lowest BCUT2D eigenvalue weighted by Gasteiger charge is -2.10. The van der Waals surface area contributed by atoms with Gasteiger partial charge in [-0.2, -0.15) is 0 Å². The van der Waals surface area contributed by atoms with Crippen LogP contribution in [0.15, 0.2) is 0 Å². The van der Waals surface area contributed by atoms with Crippen LogP contribution >= 0.6 is 46.4 Å². The van der Waals surface area contributed by atoms with E-state index < -0.39 is 9.76 Å². The molecule has 0 bridgehead atoms. The standard InChI is InChI=1S/C9H14Cl4O2/c1-7(10)5-3-2-4-6-15-8(14)9(11,12)13/h7H,2-6H2,1H3. The first-order valence-corrected chi connectivity index (χ1v) is 6.29. The van der Waals surface area contributed by atoms with E-state index in [0.717, 1.165) is 25.7 Å². The summed E-state index contributed by atoms with van der Waals surface area (Å²) in [4.78, 5) is 11.0. The maximum atomic E-state index is 11.0. The Hall–Kier alpha value is 0.630. The molecule has 1 atom stereocenters. The van der Waals surface area contributed by atoms with Gasteiger partial charge in [-0.05, 0) is 19.8 Å². The Labute approximate surface area is 110 Å². The molecule has 0 heterocycles. The third-order valence-electron chi connectivity index (χ3n) is 1.71. The zero-order valence-corrected chi connectivity index (χ0v) is 11.5. The van der Waals surface area contributed by atoms with Crippen LogP contribution in [0, 0.1) is 0 Å². The van der Waals surface area contributed by atoms with Gasteiger partial charge in [0.25, 0.3) is 3.79 Å². The quantitative estimate of drug-likeness (QED) is 0.419. The second-order valence-electron chi connectivity index (χ2n) is 3.26. The van der Waals surface area contributed by atoms with Crippen LogP contribution in [-0.4, -0.2) is 21.7 Å². The summed E-state index contributed by atoms with van der Waals surface area (Å²) in [6.07, 6.45) is 3.68. The number of carbonyl (C=O) groups excluding carboxylic acids is 1. The minimum atomic E-state index is -1.97. The van der Waals surface area contributed by atoms with Gasteiger partial charge in [0.05, 0.1) is 6.61 Å². The molecule has 0 N–H and O–H groups in total. The lowest BCUT2D eigenvalue weighted by Crippen LogP contribution is -2.22. The molecule has 0 aromatic carbocycles. The zero-order chi connectivity index (χ0) is 11.9. The molecule has 0 aliphatic heterocycles. The molecule has 0 radical (unpaired) electrons. The number of esters is 1. The van der Waals surface area contributed by atoms with Crippen LogP contribution in [-0.2, 0) is 9.53 Å². The molecule has 0 aliphatic rings. The zero-order valence-electron chi connectivity index (χ0n) is 8.44. The Kier molecular flexibility index (Phi) is 8.16. The van der Waals surface area contributed by atoms with Gasteiger partial charge in [0, 0.05) is 5.38 Å². The Morgan fingerprint density at radius 1 is 1.27 bits per heavy atom. The van der Waals surface area contributed by atoms with Crippen molar-refractivity contribution in [2.75, 3.05) is 6.61 Å². The molecule has 0 aromatic heterocycles. The smallest absolute Gasteiger partial charge is 0.358 e. The van der Waals surface area contributed by atoms with Crippen molar-refractivity contribution < 1.29 is 9.53 Å². The van der Waals surface area contributed by atoms with Gasteiger partial charge in [-0.3, -0.25) is 0 Å². The van der Waals surface area contributed by atoms with Crippen molar-refractivity contribution in [1.82, 2.24) is 0 Å². The van der Waals surface area contributed by atoms with E-state index >= 15 is 0 Å². The van der Waals surface area contributed by atoms with Crippen molar-refractivity contribution in [3.05, 3.63) is 0 Å². The predicted molar refractivity (Wildman–Crippen MR) is 65.0 cm³/mol. The van der Waals surface area contributed by atoms with Crippen LogP contribution in [0.3, 0.4) is 0 Å². The van der Waals surface area contributed by atoms with Crippen molar-refractivity contribution >= 4 is 52.4 Å².